The van der Waals surface area contributed by atoms with Crippen LogP contribution in [0.15, 0.2) is 60.8 Å². The zero-order chi connectivity index (χ0) is 16.9. The second-order valence-electron chi connectivity index (χ2n) is 6.10. The second kappa shape index (κ2) is 7.43. The summed E-state index contributed by atoms with van der Waals surface area (Å²) in [6.07, 6.45) is 1.51. The van der Waals surface area contributed by atoms with Gasteiger partial charge in [0.15, 0.2) is 0 Å². The van der Waals surface area contributed by atoms with Gasteiger partial charge in [-0.05, 0) is 12.5 Å². The van der Waals surface area contributed by atoms with Crippen molar-refractivity contribution in [3.05, 3.63) is 77.5 Å². The van der Waals surface area contributed by atoms with Crippen LogP contribution in [-0.4, -0.2) is 21.4 Å². The molecule has 2 N–H and O–H groups in total. The molecule has 3 aromatic rings. The molecule has 1 atom stereocenters. The summed E-state index contributed by atoms with van der Waals surface area (Å²) in [4.78, 5) is 0. The Kier molecular flexibility index (Phi) is 5.08. The van der Waals surface area contributed by atoms with Gasteiger partial charge in [-0.1, -0.05) is 60.2 Å². The van der Waals surface area contributed by atoms with Crippen LogP contribution in [0, 0.1) is 6.92 Å². The summed E-state index contributed by atoms with van der Waals surface area (Å²) in [7, 11) is 1.93. The lowest BCUT2D eigenvalue weighted by molar-refractivity contribution is 0.174. The molecule has 0 amide bonds. The summed E-state index contributed by atoms with van der Waals surface area (Å²) in [6.45, 7) is 3.21. The first-order valence-electron chi connectivity index (χ1n) is 8.17. The highest BCUT2D eigenvalue weighted by molar-refractivity contribution is 5.62. The number of aliphatic hydroxyl groups excluding tert-OH is 1. The molecule has 1 aromatic heterocycles. The quantitative estimate of drug-likeness (QED) is 0.733. The minimum atomic E-state index is -0.512. The molecule has 0 saturated heterocycles. The number of aromatic nitrogens is 2. The standard InChI is InChI=1S/C20H23N3O/c1-15-7-6-10-17(11-15)19(24)13-21-12-18-14-23(2)22-20(18)16-8-4-3-5-9-16/h3-11,14,19,21,24H,12-13H2,1-2H3. The van der Waals surface area contributed by atoms with Crippen LogP contribution in [0.1, 0.15) is 22.8 Å². The summed E-state index contributed by atoms with van der Waals surface area (Å²) in [6, 6.07) is 18.1. The second-order valence-corrected chi connectivity index (χ2v) is 6.10. The van der Waals surface area contributed by atoms with Crippen LogP contribution in [0.5, 0.6) is 0 Å². The molecule has 3 rings (SSSR count). The minimum Gasteiger partial charge on any atom is -0.387 e. The van der Waals surface area contributed by atoms with Gasteiger partial charge in [-0.3, -0.25) is 4.68 Å². The first-order chi connectivity index (χ1) is 11.6. The Morgan fingerprint density at radius 2 is 1.92 bits per heavy atom. The Labute approximate surface area is 142 Å². The van der Waals surface area contributed by atoms with Crippen molar-refractivity contribution >= 4 is 0 Å². The Morgan fingerprint density at radius 3 is 2.67 bits per heavy atom. The lowest BCUT2D eigenvalue weighted by atomic mass is 10.1. The summed E-state index contributed by atoms with van der Waals surface area (Å²) in [5.41, 5.74) is 5.31. The molecule has 0 fully saturated rings. The van der Waals surface area contributed by atoms with Crippen molar-refractivity contribution in [3.8, 4) is 11.3 Å². The monoisotopic (exact) mass is 321 g/mol. The lowest BCUT2D eigenvalue weighted by Crippen LogP contribution is -2.21. The Morgan fingerprint density at radius 1 is 1.12 bits per heavy atom. The van der Waals surface area contributed by atoms with E-state index in [-0.39, 0.29) is 0 Å². The molecule has 4 heteroatoms. The van der Waals surface area contributed by atoms with Gasteiger partial charge < -0.3 is 10.4 Å². The van der Waals surface area contributed by atoms with E-state index in [0.29, 0.717) is 13.1 Å². The number of nitrogens with zero attached hydrogens (tertiary/aromatic N) is 2. The molecule has 4 nitrogen and oxygen atoms in total. The van der Waals surface area contributed by atoms with Gasteiger partial charge in [-0.2, -0.15) is 5.10 Å². The fraction of sp³-hybridized carbons (Fsp3) is 0.250. The number of aliphatic hydroxyl groups is 1. The van der Waals surface area contributed by atoms with E-state index in [1.807, 2.05) is 67.3 Å². The molecule has 0 spiro atoms. The maximum atomic E-state index is 10.3. The average Bonchev–Trinajstić information content (AvgIpc) is 2.96. The van der Waals surface area contributed by atoms with Crippen molar-refractivity contribution in [1.29, 1.82) is 0 Å². The van der Waals surface area contributed by atoms with Gasteiger partial charge in [0, 0.05) is 37.5 Å². The molecule has 0 aliphatic carbocycles. The molecule has 124 valence electrons. The normalized spacial score (nSPS) is 12.3. The van der Waals surface area contributed by atoms with Gasteiger partial charge in [0.05, 0.1) is 11.8 Å². The van der Waals surface area contributed by atoms with Crippen molar-refractivity contribution in [2.45, 2.75) is 19.6 Å². The highest BCUT2D eigenvalue weighted by Crippen LogP contribution is 2.21. The van der Waals surface area contributed by atoms with Gasteiger partial charge >= 0.3 is 0 Å². The lowest BCUT2D eigenvalue weighted by Gasteiger charge is -2.13. The highest BCUT2D eigenvalue weighted by Gasteiger charge is 2.11. The predicted octanol–water partition coefficient (Wildman–Crippen LogP) is 3.22. The zero-order valence-corrected chi connectivity index (χ0v) is 14.1. The Hall–Kier alpha value is -2.43. The van der Waals surface area contributed by atoms with Crippen LogP contribution >= 0.6 is 0 Å². The van der Waals surface area contributed by atoms with E-state index in [2.05, 4.69) is 22.5 Å². The van der Waals surface area contributed by atoms with Crippen LogP contribution in [-0.2, 0) is 13.6 Å². The fourth-order valence-electron chi connectivity index (χ4n) is 2.84. The van der Waals surface area contributed by atoms with Crippen molar-refractivity contribution < 1.29 is 5.11 Å². The molecule has 0 saturated carbocycles. The number of hydrogen-bond acceptors (Lipinski definition) is 3. The summed E-state index contributed by atoms with van der Waals surface area (Å²) in [5.74, 6) is 0. The Bertz CT molecular complexity index is 796. The van der Waals surface area contributed by atoms with E-state index in [4.69, 9.17) is 0 Å². The maximum Gasteiger partial charge on any atom is 0.0967 e. The fourth-order valence-corrected chi connectivity index (χ4v) is 2.84. The summed E-state index contributed by atoms with van der Waals surface area (Å²) in [5, 5.41) is 18.2. The van der Waals surface area contributed by atoms with Crippen LogP contribution in [0.25, 0.3) is 11.3 Å². The van der Waals surface area contributed by atoms with Gasteiger partial charge in [-0.25, -0.2) is 0 Å². The predicted molar refractivity (Wildman–Crippen MR) is 96.5 cm³/mol. The molecule has 24 heavy (non-hydrogen) atoms. The Balaban J connectivity index is 1.65. The van der Waals surface area contributed by atoms with E-state index in [9.17, 15) is 5.11 Å². The van der Waals surface area contributed by atoms with E-state index in [1.165, 1.54) is 0 Å². The van der Waals surface area contributed by atoms with E-state index >= 15 is 0 Å². The molecule has 1 unspecified atom stereocenters. The summed E-state index contributed by atoms with van der Waals surface area (Å²) >= 11 is 0. The van der Waals surface area contributed by atoms with Gasteiger partial charge in [-0.15, -0.1) is 0 Å². The number of aryl methyl sites for hydroxylation is 2. The molecule has 0 radical (unpaired) electrons. The molecular formula is C20H23N3O. The highest BCUT2D eigenvalue weighted by atomic mass is 16.3. The number of nitrogens with one attached hydrogen (secondary N) is 1. The number of rotatable bonds is 6. The van der Waals surface area contributed by atoms with Crippen molar-refractivity contribution in [1.82, 2.24) is 15.1 Å². The smallest absolute Gasteiger partial charge is 0.0967 e. The number of benzene rings is 2. The van der Waals surface area contributed by atoms with Crippen LogP contribution in [0.4, 0.5) is 0 Å². The van der Waals surface area contributed by atoms with Crippen LogP contribution in [0.3, 0.4) is 0 Å². The molecule has 0 aliphatic heterocycles. The first-order valence-corrected chi connectivity index (χ1v) is 8.17. The van der Waals surface area contributed by atoms with Crippen molar-refractivity contribution in [2.24, 2.45) is 7.05 Å². The van der Waals surface area contributed by atoms with E-state index in [1.54, 1.807) is 0 Å². The number of hydrogen-bond donors (Lipinski definition) is 2. The molecule has 0 bridgehead atoms. The van der Waals surface area contributed by atoms with E-state index in [0.717, 1.165) is 27.9 Å². The van der Waals surface area contributed by atoms with Crippen LogP contribution < -0.4 is 5.32 Å². The first kappa shape index (κ1) is 16.4. The summed E-state index contributed by atoms with van der Waals surface area (Å²) < 4.78 is 1.83. The minimum absolute atomic E-state index is 0.507. The molecule has 0 aliphatic rings. The maximum absolute atomic E-state index is 10.3. The van der Waals surface area contributed by atoms with E-state index < -0.39 is 6.10 Å². The SMILES string of the molecule is Cc1cccc(C(O)CNCc2cn(C)nc2-c2ccccc2)c1. The van der Waals surface area contributed by atoms with Crippen molar-refractivity contribution in [3.63, 3.8) is 0 Å². The molecular weight excluding hydrogens is 298 g/mol. The van der Waals surface area contributed by atoms with Gasteiger partial charge in [0.25, 0.3) is 0 Å². The van der Waals surface area contributed by atoms with Gasteiger partial charge in [0.1, 0.15) is 0 Å². The van der Waals surface area contributed by atoms with Crippen molar-refractivity contribution in [2.75, 3.05) is 6.54 Å². The third-order valence-electron chi connectivity index (χ3n) is 4.03. The largest absolute Gasteiger partial charge is 0.387 e. The zero-order valence-electron chi connectivity index (χ0n) is 14.1. The van der Waals surface area contributed by atoms with Crippen LogP contribution in [0.2, 0.25) is 0 Å². The molecule has 2 aromatic carbocycles. The topological polar surface area (TPSA) is 50.1 Å². The third-order valence-corrected chi connectivity index (χ3v) is 4.03. The van der Waals surface area contributed by atoms with Gasteiger partial charge in [0.2, 0.25) is 0 Å². The molecule has 1 heterocycles. The third kappa shape index (κ3) is 3.91. The average molecular weight is 321 g/mol.